The second-order valence-electron chi connectivity index (χ2n) is 10.4. The third-order valence-corrected chi connectivity index (χ3v) is 6.44. The number of aromatic nitrogens is 4. The molecule has 0 spiro atoms. The first kappa shape index (κ1) is 26.9. The van der Waals surface area contributed by atoms with E-state index in [1.54, 1.807) is 10.8 Å². The molecule has 3 aromatic rings. The topological polar surface area (TPSA) is 75.9 Å². The van der Waals surface area contributed by atoms with Crippen molar-refractivity contribution in [2.45, 2.75) is 57.8 Å². The lowest BCUT2D eigenvalue weighted by atomic mass is 9.95. The third-order valence-electron chi connectivity index (χ3n) is 6.44. The van der Waals surface area contributed by atoms with Gasteiger partial charge >= 0.3 is 11.9 Å². The highest BCUT2D eigenvalue weighted by Crippen LogP contribution is 2.32. The van der Waals surface area contributed by atoms with Crippen LogP contribution in [0.3, 0.4) is 0 Å². The SMILES string of the molecule is CC(C)(C)c1nc(C2CNCCN2CCCCn2ccc(-c3ccccc3)nc2=O)cc(C(F)(F)F)n1. The Balaban J connectivity index is 1.42. The van der Waals surface area contributed by atoms with Crippen LogP contribution in [-0.4, -0.2) is 50.6 Å². The molecule has 0 saturated carbocycles. The summed E-state index contributed by atoms with van der Waals surface area (Å²) in [5.74, 6) is 0.189. The molecule has 0 amide bonds. The van der Waals surface area contributed by atoms with E-state index in [4.69, 9.17) is 0 Å². The van der Waals surface area contributed by atoms with Gasteiger partial charge in [0.25, 0.3) is 0 Å². The zero-order valence-corrected chi connectivity index (χ0v) is 21.4. The largest absolute Gasteiger partial charge is 0.433 e. The Morgan fingerprint density at radius 2 is 1.73 bits per heavy atom. The predicted molar refractivity (Wildman–Crippen MR) is 136 cm³/mol. The summed E-state index contributed by atoms with van der Waals surface area (Å²) in [5.41, 5.74) is 0.111. The molecule has 10 heteroatoms. The number of nitrogens with zero attached hydrogens (tertiary/aromatic N) is 5. The van der Waals surface area contributed by atoms with Gasteiger partial charge in [0.1, 0.15) is 11.5 Å². The fourth-order valence-electron chi connectivity index (χ4n) is 4.39. The Bertz CT molecular complexity index is 1220. The molecule has 1 fully saturated rings. The van der Waals surface area contributed by atoms with Crippen molar-refractivity contribution >= 4 is 0 Å². The number of unbranched alkanes of at least 4 members (excludes halogenated alkanes) is 1. The monoisotopic (exact) mass is 514 g/mol. The third kappa shape index (κ3) is 6.81. The lowest BCUT2D eigenvalue weighted by Gasteiger charge is -2.36. The van der Waals surface area contributed by atoms with Gasteiger partial charge in [-0.25, -0.2) is 14.8 Å². The van der Waals surface area contributed by atoms with Gasteiger partial charge in [-0.15, -0.1) is 0 Å². The number of alkyl halides is 3. The maximum Gasteiger partial charge on any atom is 0.433 e. The van der Waals surface area contributed by atoms with Gasteiger partial charge in [-0.3, -0.25) is 9.47 Å². The number of piperazine rings is 1. The van der Waals surface area contributed by atoms with Crippen LogP contribution in [0.4, 0.5) is 13.2 Å². The van der Waals surface area contributed by atoms with E-state index in [-0.39, 0.29) is 17.6 Å². The summed E-state index contributed by atoms with van der Waals surface area (Å²) in [4.78, 5) is 27.3. The molecular weight excluding hydrogens is 481 g/mol. The Labute approximate surface area is 214 Å². The molecule has 1 aromatic carbocycles. The van der Waals surface area contributed by atoms with E-state index < -0.39 is 17.3 Å². The molecule has 0 bridgehead atoms. The molecule has 198 valence electrons. The number of nitrogens with one attached hydrogen (secondary N) is 1. The first-order valence-corrected chi connectivity index (χ1v) is 12.6. The van der Waals surface area contributed by atoms with Gasteiger partial charge in [0, 0.05) is 43.4 Å². The minimum atomic E-state index is -4.54. The first-order valence-electron chi connectivity index (χ1n) is 12.6. The standard InChI is InChI=1S/C27H33F3N6O/c1-26(2,3)24-32-21(17-23(34-24)27(28,29)30)22-18-31-12-16-35(22)13-7-8-14-36-15-11-20(33-25(36)37)19-9-5-4-6-10-19/h4-6,9-11,15,17,22,31H,7-8,12-14,16,18H2,1-3H3. The molecule has 1 unspecified atom stereocenters. The van der Waals surface area contributed by atoms with Crippen molar-refractivity contribution in [1.29, 1.82) is 0 Å². The smallest absolute Gasteiger partial charge is 0.313 e. The highest BCUT2D eigenvalue weighted by molar-refractivity contribution is 5.57. The van der Waals surface area contributed by atoms with E-state index in [1.165, 1.54) is 0 Å². The second kappa shape index (κ2) is 11.1. The molecule has 7 nitrogen and oxygen atoms in total. The quantitative estimate of drug-likeness (QED) is 0.470. The molecule has 1 N–H and O–H groups in total. The zero-order valence-electron chi connectivity index (χ0n) is 21.4. The maximum absolute atomic E-state index is 13.6. The van der Waals surface area contributed by atoms with Crippen molar-refractivity contribution in [3.05, 3.63) is 76.4 Å². The summed E-state index contributed by atoms with van der Waals surface area (Å²) in [6, 6.07) is 12.2. The zero-order chi connectivity index (χ0) is 26.6. The molecule has 37 heavy (non-hydrogen) atoms. The van der Waals surface area contributed by atoms with Crippen molar-refractivity contribution in [2.75, 3.05) is 26.2 Å². The van der Waals surface area contributed by atoms with Gasteiger partial charge < -0.3 is 5.32 Å². The van der Waals surface area contributed by atoms with Crippen LogP contribution >= 0.6 is 0 Å². The first-order chi connectivity index (χ1) is 17.5. The van der Waals surface area contributed by atoms with Gasteiger partial charge in [-0.2, -0.15) is 18.2 Å². The number of hydrogen-bond acceptors (Lipinski definition) is 6. The molecule has 0 aliphatic carbocycles. The van der Waals surface area contributed by atoms with Gasteiger partial charge in [-0.05, 0) is 31.5 Å². The van der Waals surface area contributed by atoms with Crippen LogP contribution < -0.4 is 11.0 Å². The van der Waals surface area contributed by atoms with Crippen LogP contribution in [0.1, 0.15) is 56.9 Å². The van der Waals surface area contributed by atoms with E-state index in [0.29, 0.717) is 37.6 Å². The molecule has 1 aliphatic rings. The number of hydrogen-bond donors (Lipinski definition) is 1. The van der Waals surface area contributed by atoms with Gasteiger partial charge in [-0.1, -0.05) is 51.1 Å². The predicted octanol–water partition coefficient (Wildman–Crippen LogP) is 4.44. The van der Waals surface area contributed by atoms with Crippen LogP contribution in [0.5, 0.6) is 0 Å². The van der Waals surface area contributed by atoms with Crippen molar-refractivity contribution < 1.29 is 13.2 Å². The highest BCUT2D eigenvalue weighted by Gasteiger charge is 2.36. The van der Waals surface area contributed by atoms with Crippen molar-refractivity contribution in [3.8, 4) is 11.3 Å². The second-order valence-corrected chi connectivity index (χ2v) is 10.4. The normalized spacial score (nSPS) is 17.2. The molecule has 2 aromatic heterocycles. The van der Waals surface area contributed by atoms with Crippen LogP contribution in [0.15, 0.2) is 53.5 Å². The molecule has 3 heterocycles. The van der Waals surface area contributed by atoms with Crippen LogP contribution in [0, 0.1) is 0 Å². The van der Waals surface area contributed by atoms with E-state index in [2.05, 4.69) is 25.2 Å². The van der Waals surface area contributed by atoms with Crippen molar-refractivity contribution in [1.82, 2.24) is 29.7 Å². The molecule has 1 aliphatic heterocycles. The van der Waals surface area contributed by atoms with Gasteiger partial charge in [0.05, 0.1) is 17.4 Å². The molecular formula is C27H33F3N6O. The highest BCUT2D eigenvalue weighted by atomic mass is 19.4. The van der Waals surface area contributed by atoms with E-state index in [1.807, 2.05) is 57.2 Å². The summed E-state index contributed by atoms with van der Waals surface area (Å²) >= 11 is 0. The summed E-state index contributed by atoms with van der Waals surface area (Å²) < 4.78 is 42.4. The van der Waals surface area contributed by atoms with Crippen molar-refractivity contribution in [3.63, 3.8) is 0 Å². The van der Waals surface area contributed by atoms with Crippen LogP contribution in [0.25, 0.3) is 11.3 Å². The minimum Gasteiger partial charge on any atom is -0.313 e. The number of halogens is 3. The summed E-state index contributed by atoms with van der Waals surface area (Å²) in [5, 5.41) is 3.29. The fraction of sp³-hybridized carbons (Fsp3) is 0.481. The molecule has 1 saturated heterocycles. The Kier molecular flexibility index (Phi) is 8.08. The van der Waals surface area contributed by atoms with Crippen molar-refractivity contribution in [2.24, 2.45) is 0 Å². The number of rotatable bonds is 7. The lowest BCUT2D eigenvalue weighted by molar-refractivity contribution is -0.141. The lowest BCUT2D eigenvalue weighted by Crippen LogP contribution is -2.47. The number of aryl methyl sites for hydroxylation is 1. The average molecular weight is 515 g/mol. The fourth-order valence-corrected chi connectivity index (χ4v) is 4.39. The van der Waals surface area contributed by atoms with Crippen LogP contribution in [-0.2, 0) is 18.1 Å². The molecule has 4 rings (SSSR count). The Hall–Kier alpha value is -3.11. The number of benzene rings is 1. The summed E-state index contributed by atoms with van der Waals surface area (Å²) in [6.07, 6.45) is -1.25. The molecule has 1 atom stereocenters. The average Bonchev–Trinajstić information content (AvgIpc) is 2.87. The van der Waals surface area contributed by atoms with E-state index in [9.17, 15) is 18.0 Å². The van der Waals surface area contributed by atoms with Crippen LogP contribution in [0.2, 0.25) is 0 Å². The summed E-state index contributed by atoms with van der Waals surface area (Å²) in [7, 11) is 0. The van der Waals surface area contributed by atoms with E-state index in [0.717, 1.165) is 31.0 Å². The molecule has 0 radical (unpaired) electrons. The summed E-state index contributed by atoms with van der Waals surface area (Å²) in [6.45, 7) is 8.62. The van der Waals surface area contributed by atoms with Gasteiger partial charge in [0.15, 0.2) is 0 Å². The minimum absolute atomic E-state index is 0.189. The Morgan fingerprint density at radius 3 is 2.41 bits per heavy atom. The Morgan fingerprint density at radius 1 is 1.00 bits per heavy atom. The maximum atomic E-state index is 13.6. The van der Waals surface area contributed by atoms with E-state index >= 15 is 0 Å². The van der Waals surface area contributed by atoms with Gasteiger partial charge in [0.2, 0.25) is 0 Å².